The van der Waals surface area contributed by atoms with Crippen LogP contribution in [0.4, 0.5) is 0 Å². The molecule has 3 heteroatoms. The van der Waals surface area contributed by atoms with Crippen molar-refractivity contribution in [1.29, 1.82) is 0 Å². The molecule has 0 aliphatic carbocycles. The largest absolute Gasteiger partial charge is 0.481 e. The summed E-state index contributed by atoms with van der Waals surface area (Å²) in [6, 6.07) is 0. The molecule has 2 atom stereocenters. The predicted molar refractivity (Wildman–Crippen MR) is 49.0 cm³/mol. The van der Waals surface area contributed by atoms with Crippen LogP contribution in [0.5, 0.6) is 0 Å². The molecule has 66 valence electrons. The molecule has 0 saturated carbocycles. The first kappa shape index (κ1) is 11.0. The maximum Gasteiger partial charge on any atom is 0.306 e. The average molecular weight is 223 g/mol. The van der Waals surface area contributed by atoms with E-state index in [1.165, 1.54) is 0 Å². The van der Waals surface area contributed by atoms with Crippen molar-refractivity contribution in [2.75, 3.05) is 5.33 Å². The molecule has 0 aliphatic rings. The van der Waals surface area contributed by atoms with Gasteiger partial charge in [-0.1, -0.05) is 29.8 Å². The quantitative estimate of drug-likeness (QED) is 0.727. The maximum absolute atomic E-state index is 10.5. The highest BCUT2D eigenvalue weighted by molar-refractivity contribution is 9.09. The van der Waals surface area contributed by atoms with Crippen molar-refractivity contribution in [2.45, 2.75) is 26.7 Å². The molecule has 1 N–H and O–H groups in total. The van der Waals surface area contributed by atoms with Gasteiger partial charge in [0.05, 0.1) is 5.92 Å². The molecule has 0 spiro atoms. The Balaban J connectivity index is 3.63. The number of alkyl halides is 1. The minimum Gasteiger partial charge on any atom is -0.481 e. The molecule has 0 rings (SSSR count). The van der Waals surface area contributed by atoms with E-state index in [0.717, 1.165) is 18.2 Å². The zero-order valence-electron chi connectivity index (χ0n) is 7.01. The predicted octanol–water partition coefficient (Wildman–Crippen LogP) is 2.52. The Labute approximate surface area is 76.1 Å². The maximum atomic E-state index is 10.5. The second kappa shape index (κ2) is 5.58. The molecule has 0 aliphatic heterocycles. The first-order valence-electron chi connectivity index (χ1n) is 3.88. The van der Waals surface area contributed by atoms with Gasteiger partial charge in [-0.25, -0.2) is 0 Å². The molecule has 0 aromatic heterocycles. The van der Waals surface area contributed by atoms with E-state index in [1.54, 1.807) is 6.92 Å². The molecule has 0 radical (unpaired) electrons. The highest BCUT2D eigenvalue weighted by Gasteiger charge is 2.18. The smallest absolute Gasteiger partial charge is 0.306 e. The second-order valence-corrected chi connectivity index (χ2v) is 3.73. The van der Waals surface area contributed by atoms with E-state index in [2.05, 4.69) is 15.9 Å². The van der Waals surface area contributed by atoms with E-state index in [0.29, 0.717) is 0 Å². The summed E-state index contributed by atoms with van der Waals surface area (Å²) >= 11 is 3.32. The standard InChI is InChI=1S/C8H15BrO2/c1-6(4-3-5-9)7(2)8(10)11/h6-7H,3-5H2,1-2H3,(H,10,11). The van der Waals surface area contributed by atoms with Gasteiger partial charge in [-0.15, -0.1) is 0 Å². The molecule has 0 heterocycles. The van der Waals surface area contributed by atoms with Gasteiger partial charge in [0.2, 0.25) is 0 Å². The topological polar surface area (TPSA) is 37.3 Å². The molecule has 0 saturated heterocycles. The zero-order valence-corrected chi connectivity index (χ0v) is 8.60. The molecular formula is C8H15BrO2. The molecular weight excluding hydrogens is 208 g/mol. The lowest BCUT2D eigenvalue weighted by Gasteiger charge is -2.14. The van der Waals surface area contributed by atoms with Gasteiger partial charge in [0, 0.05) is 5.33 Å². The number of carboxylic acids is 1. The number of hydrogen-bond donors (Lipinski definition) is 1. The molecule has 0 amide bonds. The minimum atomic E-state index is -0.688. The summed E-state index contributed by atoms with van der Waals surface area (Å²) in [4.78, 5) is 10.5. The van der Waals surface area contributed by atoms with Gasteiger partial charge in [-0.2, -0.15) is 0 Å². The Morgan fingerprint density at radius 3 is 2.45 bits per heavy atom. The van der Waals surface area contributed by atoms with Gasteiger partial charge < -0.3 is 5.11 Å². The number of carboxylic acid groups (broad SMARTS) is 1. The summed E-state index contributed by atoms with van der Waals surface area (Å²) in [5.41, 5.74) is 0. The summed E-state index contributed by atoms with van der Waals surface area (Å²) in [6.45, 7) is 3.75. The number of hydrogen-bond acceptors (Lipinski definition) is 1. The van der Waals surface area contributed by atoms with Gasteiger partial charge in [0.1, 0.15) is 0 Å². The van der Waals surface area contributed by atoms with Crippen molar-refractivity contribution in [3.05, 3.63) is 0 Å². The second-order valence-electron chi connectivity index (χ2n) is 2.94. The summed E-state index contributed by atoms with van der Waals surface area (Å²) in [5.74, 6) is -0.619. The highest BCUT2D eigenvalue weighted by Crippen LogP contribution is 2.17. The molecule has 2 unspecified atom stereocenters. The van der Waals surface area contributed by atoms with Crippen molar-refractivity contribution in [3.63, 3.8) is 0 Å². The molecule has 2 nitrogen and oxygen atoms in total. The monoisotopic (exact) mass is 222 g/mol. The summed E-state index contributed by atoms with van der Waals surface area (Å²) in [6.07, 6.45) is 2.04. The van der Waals surface area contributed by atoms with Crippen molar-refractivity contribution >= 4 is 21.9 Å². The molecule has 0 fully saturated rings. The number of aliphatic carboxylic acids is 1. The van der Waals surface area contributed by atoms with Crippen molar-refractivity contribution in [1.82, 2.24) is 0 Å². The van der Waals surface area contributed by atoms with Gasteiger partial charge in [0.15, 0.2) is 0 Å². The van der Waals surface area contributed by atoms with Crippen LogP contribution in [-0.4, -0.2) is 16.4 Å². The van der Waals surface area contributed by atoms with Crippen LogP contribution in [0.3, 0.4) is 0 Å². The lowest BCUT2D eigenvalue weighted by Crippen LogP contribution is -2.18. The number of rotatable bonds is 5. The van der Waals surface area contributed by atoms with E-state index >= 15 is 0 Å². The van der Waals surface area contributed by atoms with Crippen LogP contribution in [0.15, 0.2) is 0 Å². The van der Waals surface area contributed by atoms with Gasteiger partial charge in [-0.3, -0.25) is 4.79 Å². The fraction of sp³-hybridized carbons (Fsp3) is 0.875. The lowest BCUT2D eigenvalue weighted by atomic mass is 9.92. The lowest BCUT2D eigenvalue weighted by molar-refractivity contribution is -0.142. The third-order valence-corrected chi connectivity index (χ3v) is 2.60. The fourth-order valence-corrected chi connectivity index (χ4v) is 1.22. The van der Waals surface area contributed by atoms with Gasteiger partial charge in [-0.05, 0) is 18.8 Å². The van der Waals surface area contributed by atoms with E-state index in [4.69, 9.17) is 5.11 Å². The summed E-state index contributed by atoms with van der Waals surface area (Å²) in [7, 11) is 0. The van der Waals surface area contributed by atoms with Crippen LogP contribution in [0.25, 0.3) is 0 Å². The van der Waals surface area contributed by atoms with Crippen molar-refractivity contribution in [2.24, 2.45) is 11.8 Å². The van der Waals surface area contributed by atoms with Crippen LogP contribution >= 0.6 is 15.9 Å². The van der Waals surface area contributed by atoms with E-state index in [1.807, 2.05) is 6.92 Å². The van der Waals surface area contributed by atoms with E-state index < -0.39 is 5.97 Å². The average Bonchev–Trinajstić information content (AvgIpc) is 1.98. The van der Waals surface area contributed by atoms with E-state index in [9.17, 15) is 4.79 Å². The SMILES string of the molecule is CC(CCCBr)C(C)C(=O)O. The van der Waals surface area contributed by atoms with Crippen LogP contribution in [0.1, 0.15) is 26.7 Å². The van der Waals surface area contributed by atoms with Crippen LogP contribution in [0.2, 0.25) is 0 Å². The zero-order chi connectivity index (χ0) is 8.85. The normalized spacial score (nSPS) is 15.9. The van der Waals surface area contributed by atoms with Crippen LogP contribution in [-0.2, 0) is 4.79 Å². The summed E-state index contributed by atoms with van der Waals surface area (Å²) < 4.78 is 0. The van der Waals surface area contributed by atoms with Crippen molar-refractivity contribution < 1.29 is 9.90 Å². The first-order valence-corrected chi connectivity index (χ1v) is 5.00. The van der Waals surface area contributed by atoms with Crippen LogP contribution in [0, 0.1) is 11.8 Å². The third kappa shape index (κ3) is 4.40. The Kier molecular flexibility index (Phi) is 5.56. The van der Waals surface area contributed by atoms with Gasteiger partial charge >= 0.3 is 5.97 Å². The number of carbonyl (C=O) groups is 1. The molecule has 0 aromatic rings. The molecule has 0 aromatic carbocycles. The minimum absolute atomic E-state index is 0.214. The highest BCUT2D eigenvalue weighted by atomic mass is 79.9. The van der Waals surface area contributed by atoms with E-state index in [-0.39, 0.29) is 11.8 Å². The Morgan fingerprint density at radius 1 is 1.55 bits per heavy atom. The number of halogens is 1. The summed E-state index contributed by atoms with van der Waals surface area (Å²) in [5, 5.41) is 9.60. The van der Waals surface area contributed by atoms with Crippen LogP contribution < -0.4 is 0 Å². The molecule has 0 bridgehead atoms. The Bertz CT molecular complexity index is 125. The fourth-order valence-electron chi connectivity index (χ4n) is 0.893. The Hall–Kier alpha value is -0.0500. The van der Waals surface area contributed by atoms with Gasteiger partial charge in [0.25, 0.3) is 0 Å². The Morgan fingerprint density at radius 2 is 2.09 bits per heavy atom. The molecule has 11 heavy (non-hydrogen) atoms. The van der Waals surface area contributed by atoms with Crippen molar-refractivity contribution in [3.8, 4) is 0 Å². The first-order chi connectivity index (χ1) is 5.09. The third-order valence-electron chi connectivity index (χ3n) is 2.04.